The van der Waals surface area contributed by atoms with E-state index in [0.29, 0.717) is 0 Å². The van der Waals surface area contributed by atoms with Gasteiger partial charge in [-0.05, 0) is 30.7 Å². The molecule has 3 aromatic rings. The molecule has 0 radical (unpaired) electrons. The lowest BCUT2D eigenvalue weighted by atomic mass is 10.1. The van der Waals surface area contributed by atoms with Crippen LogP contribution < -0.4 is 5.32 Å². The van der Waals surface area contributed by atoms with Crippen molar-refractivity contribution in [2.24, 2.45) is 0 Å². The van der Waals surface area contributed by atoms with Crippen LogP contribution in [0.1, 0.15) is 24.7 Å². The molecule has 0 aliphatic heterocycles. The Balaban J connectivity index is 1.81. The third-order valence-electron chi connectivity index (χ3n) is 3.38. The molecule has 0 aliphatic rings. The number of aromatic nitrogens is 2. The van der Waals surface area contributed by atoms with E-state index in [1.54, 1.807) is 0 Å². The van der Waals surface area contributed by atoms with E-state index in [0.717, 1.165) is 42.1 Å². The molecule has 0 spiro atoms. The maximum Gasteiger partial charge on any atom is 0.126 e. The highest BCUT2D eigenvalue weighted by molar-refractivity contribution is 5.78. The normalized spacial score (nSPS) is 10.7. The lowest BCUT2D eigenvalue weighted by Gasteiger charge is -2.07. The smallest absolute Gasteiger partial charge is 0.126 e. The highest BCUT2D eigenvalue weighted by atomic mass is 15.0. The fourth-order valence-electron chi connectivity index (χ4n) is 2.32. The molecule has 3 rings (SSSR count). The highest BCUT2D eigenvalue weighted by Gasteiger charge is 2.02. The van der Waals surface area contributed by atoms with E-state index < -0.39 is 0 Å². The molecule has 106 valence electrons. The first kappa shape index (κ1) is 13.6. The van der Waals surface area contributed by atoms with E-state index in [9.17, 15) is 0 Å². The van der Waals surface area contributed by atoms with Gasteiger partial charge in [-0.3, -0.25) is 4.98 Å². The number of nitrogens with zero attached hydrogens (tertiary/aromatic N) is 2. The molecule has 0 bridgehead atoms. The number of anilines is 1. The summed E-state index contributed by atoms with van der Waals surface area (Å²) in [6.07, 6.45) is 1.85. The van der Waals surface area contributed by atoms with Crippen molar-refractivity contribution in [3.05, 3.63) is 66.0 Å². The fourth-order valence-corrected chi connectivity index (χ4v) is 2.32. The molecule has 0 amide bonds. The molecule has 3 heteroatoms. The summed E-state index contributed by atoms with van der Waals surface area (Å²) in [6.45, 7) is 3.10. The van der Waals surface area contributed by atoms with Gasteiger partial charge < -0.3 is 5.32 Å². The summed E-state index contributed by atoms with van der Waals surface area (Å²) >= 11 is 0. The summed E-state index contributed by atoms with van der Waals surface area (Å²) in [7, 11) is 0. The lowest BCUT2D eigenvalue weighted by Crippen LogP contribution is -2.03. The third-order valence-corrected chi connectivity index (χ3v) is 3.38. The van der Waals surface area contributed by atoms with Crippen molar-refractivity contribution in [3.63, 3.8) is 0 Å². The van der Waals surface area contributed by atoms with Gasteiger partial charge in [0.15, 0.2) is 0 Å². The molecule has 0 atom stereocenters. The van der Waals surface area contributed by atoms with Gasteiger partial charge in [-0.1, -0.05) is 37.3 Å². The summed E-state index contributed by atoms with van der Waals surface area (Å²) < 4.78 is 0. The lowest BCUT2D eigenvalue weighted by molar-refractivity contribution is 0.956. The first-order valence-electron chi connectivity index (χ1n) is 7.39. The van der Waals surface area contributed by atoms with Crippen molar-refractivity contribution in [3.8, 4) is 0 Å². The van der Waals surface area contributed by atoms with Gasteiger partial charge >= 0.3 is 0 Å². The Bertz CT molecular complexity index is 737. The quantitative estimate of drug-likeness (QED) is 0.764. The fraction of sp³-hybridized carbons (Fsp3) is 0.222. The van der Waals surface area contributed by atoms with Crippen molar-refractivity contribution < 1.29 is 0 Å². The van der Waals surface area contributed by atoms with Gasteiger partial charge in [-0.15, -0.1) is 0 Å². The van der Waals surface area contributed by atoms with Gasteiger partial charge in [-0.25, -0.2) is 4.98 Å². The van der Waals surface area contributed by atoms with Crippen molar-refractivity contribution >= 4 is 16.7 Å². The second-order valence-electron chi connectivity index (χ2n) is 5.11. The van der Waals surface area contributed by atoms with Crippen molar-refractivity contribution in [1.29, 1.82) is 0 Å². The Hall–Kier alpha value is -2.42. The topological polar surface area (TPSA) is 37.8 Å². The minimum absolute atomic E-state index is 0.756. The summed E-state index contributed by atoms with van der Waals surface area (Å²) in [5, 5.41) is 4.49. The van der Waals surface area contributed by atoms with E-state index in [4.69, 9.17) is 4.98 Å². The van der Waals surface area contributed by atoms with Gasteiger partial charge in [0.2, 0.25) is 0 Å². The molecule has 3 nitrogen and oxygen atoms in total. The van der Waals surface area contributed by atoms with Gasteiger partial charge in [0, 0.05) is 29.7 Å². The molecule has 2 heterocycles. The predicted octanol–water partition coefficient (Wildman–Crippen LogP) is 4.04. The molecule has 0 aliphatic carbocycles. The van der Waals surface area contributed by atoms with Crippen LogP contribution in [-0.4, -0.2) is 16.5 Å². The van der Waals surface area contributed by atoms with Crippen LogP contribution in [0.4, 0.5) is 5.82 Å². The van der Waals surface area contributed by atoms with Gasteiger partial charge in [0.05, 0.1) is 5.52 Å². The average molecular weight is 277 g/mol. The van der Waals surface area contributed by atoms with Gasteiger partial charge in [0.1, 0.15) is 5.82 Å². The van der Waals surface area contributed by atoms with Crippen LogP contribution >= 0.6 is 0 Å². The molecule has 0 saturated carbocycles. The molecule has 1 aromatic carbocycles. The number of benzene rings is 1. The van der Waals surface area contributed by atoms with E-state index >= 15 is 0 Å². The number of nitrogens with one attached hydrogen (secondary N) is 1. The molecule has 1 N–H and O–H groups in total. The zero-order valence-corrected chi connectivity index (χ0v) is 12.2. The van der Waals surface area contributed by atoms with E-state index in [-0.39, 0.29) is 0 Å². The summed E-state index contributed by atoms with van der Waals surface area (Å²) in [5.41, 5.74) is 3.13. The first-order valence-corrected chi connectivity index (χ1v) is 7.39. The van der Waals surface area contributed by atoms with Gasteiger partial charge in [-0.2, -0.15) is 0 Å². The van der Waals surface area contributed by atoms with E-state index in [1.165, 1.54) is 5.39 Å². The van der Waals surface area contributed by atoms with Crippen LogP contribution in [0.15, 0.2) is 54.6 Å². The molecule has 21 heavy (non-hydrogen) atoms. The monoisotopic (exact) mass is 277 g/mol. The average Bonchev–Trinajstić information content (AvgIpc) is 2.53. The number of rotatable bonds is 5. The van der Waals surface area contributed by atoms with Crippen LogP contribution in [0.25, 0.3) is 10.9 Å². The number of fused-ring (bicyclic) bond motifs is 1. The maximum atomic E-state index is 4.70. The third kappa shape index (κ3) is 3.37. The Kier molecular flexibility index (Phi) is 4.10. The van der Waals surface area contributed by atoms with E-state index in [2.05, 4.69) is 35.4 Å². The van der Waals surface area contributed by atoms with Crippen LogP contribution in [0.2, 0.25) is 0 Å². The number of pyridine rings is 2. The molecule has 0 fully saturated rings. The Labute approximate surface area is 125 Å². The van der Waals surface area contributed by atoms with Crippen LogP contribution in [-0.2, 0) is 6.42 Å². The van der Waals surface area contributed by atoms with Crippen LogP contribution in [0, 0.1) is 0 Å². The molecule has 2 aromatic heterocycles. The Morgan fingerprint density at radius 1 is 0.857 bits per heavy atom. The summed E-state index contributed by atoms with van der Waals surface area (Å²) in [4.78, 5) is 9.34. The highest BCUT2D eigenvalue weighted by Crippen LogP contribution is 2.14. The molecule has 0 saturated heterocycles. The maximum absolute atomic E-state index is 4.70. The predicted molar refractivity (Wildman–Crippen MR) is 87.6 cm³/mol. The zero-order valence-electron chi connectivity index (χ0n) is 12.2. The summed E-state index contributed by atoms with van der Waals surface area (Å²) in [5.74, 6) is 0.940. The van der Waals surface area contributed by atoms with Crippen molar-refractivity contribution in [2.45, 2.75) is 19.8 Å². The molecular weight excluding hydrogens is 258 g/mol. The zero-order chi connectivity index (χ0) is 14.5. The number of para-hydroxylation sites is 1. The summed E-state index contributed by atoms with van der Waals surface area (Å²) in [6, 6.07) is 18.5. The SMILES string of the molecule is CCCNc1cccc(Cc2ccc3ccccc3n2)n1. The van der Waals surface area contributed by atoms with Crippen LogP contribution in [0.5, 0.6) is 0 Å². The Morgan fingerprint density at radius 3 is 2.62 bits per heavy atom. The minimum Gasteiger partial charge on any atom is -0.370 e. The number of hydrogen-bond acceptors (Lipinski definition) is 3. The standard InChI is InChI=1S/C18H19N3/c1-2-12-19-18-9-5-7-15(21-18)13-16-11-10-14-6-3-4-8-17(14)20-16/h3-11H,2,12-13H2,1H3,(H,19,21). The second-order valence-corrected chi connectivity index (χ2v) is 5.11. The van der Waals surface area contributed by atoms with Crippen LogP contribution in [0.3, 0.4) is 0 Å². The van der Waals surface area contributed by atoms with Crippen molar-refractivity contribution in [1.82, 2.24) is 9.97 Å². The first-order chi connectivity index (χ1) is 10.3. The minimum atomic E-state index is 0.756. The number of hydrogen-bond donors (Lipinski definition) is 1. The van der Waals surface area contributed by atoms with E-state index in [1.807, 2.05) is 36.4 Å². The Morgan fingerprint density at radius 2 is 1.71 bits per heavy atom. The van der Waals surface area contributed by atoms with Crippen molar-refractivity contribution in [2.75, 3.05) is 11.9 Å². The second kappa shape index (κ2) is 6.35. The molecular formula is C18H19N3. The van der Waals surface area contributed by atoms with Gasteiger partial charge in [0.25, 0.3) is 0 Å². The molecule has 0 unspecified atom stereocenters. The largest absolute Gasteiger partial charge is 0.370 e.